The van der Waals surface area contributed by atoms with Crippen molar-refractivity contribution in [1.82, 2.24) is 14.7 Å². The fourth-order valence-corrected chi connectivity index (χ4v) is 3.09. The summed E-state index contributed by atoms with van der Waals surface area (Å²) in [6.07, 6.45) is 6.76. The van der Waals surface area contributed by atoms with Crippen molar-refractivity contribution in [3.63, 3.8) is 0 Å². The fourth-order valence-electron chi connectivity index (χ4n) is 3.09. The third kappa shape index (κ3) is 3.94. The van der Waals surface area contributed by atoms with Crippen LogP contribution < -0.4 is 5.32 Å². The van der Waals surface area contributed by atoms with Gasteiger partial charge in [-0.05, 0) is 49.4 Å². The molecule has 1 saturated heterocycles. The summed E-state index contributed by atoms with van der Waals surface area (Å²) in [5.41, 5.74) is 3.03. The van der Waals surface area contributed by atoms with Crippen LogP contribution in [0.4, 0.5) is 10.5 Å². The van der Waals surface area contributed by atoms with Crippen molar-refractivity contribution in [3.05, 3.63) is 47.8 Å². The highest BCUT2D eigenvalue weighted by molar-refractivity contribution is 5.89. The number of hydrogen-bond acceptors (Lipinski definition) is 3. The van der Waals surface area contributed by atoms with Crippen LogP contribution in [0.1, 0.15) is 30.4 Å². The van der Waals surface area contributed by atoms with Crippen molar-refractivity contribution in [2.75, 3.05) is 18.5 Å². The Morgan fingerprint density at radius 2 is 2.12 bits per heavy atom. The molecule has 24 heavy (non-hydrogen) atoms. The number of piperidine rings is 1. The molecule has 128 valence electrons. The monoisotopic (exact) mass is 328 g/mol. The average molecular weight is 328 g/mol. The highest BCUT2D eigenvalue weighted by Gasteiger charge is 2.25. The summed E-state index contributed by atoms with van der Waals surface area (Å²) in [6.45, 7) is 3.45. The Morgan fingerprint density at radius 1 is 1.33 bits per heavy atom. The maximum absolute atomic E-state index is 12.4. The average Bonchev–Trinajstić information content (AvgIpc) is 3.01. The van der Waals surface area contributed by atoms with Crippen molar-refractivity contribution in [2.24, 2.45) is 0 Å². The van der Waals surface area contributed by atoms with E-state index in [0.29, 0.717) is 13.1 Å². The molecule has 1 atom stereocenters. The predicted octanol–water partition coefficient (Wildman–Crippen LogP) is 2.62. The number of rotatable bonds is 4. The van der Waals surface area contributed by atoms with Crippen molar-refractivity contribution in [3.8, 4) is 0 Å². The second kappa shape index (κ2) is 7.49. The van der Waals surface area contributed by atoms with E-state index in [2.05, 4.69) is 10.4 Å². The molecule has 1 aliphatic rings. The highest BCUT2D eigenvalue weighted by atomic mass is 16.3. The number of anilines is 1. The molecule has 0 aliphatic carbocycles. The number of aliphatic hydroxyl groups is 1. The third-order valence-electron chi connectivity index (χ3n) is 4.41. The first kappa shape index (κ1) is 16.5. The molecule has 2 amide bonds. The minimum atomic E-state index is -0.135. The number of nitrogens with one attached hydrogen (secondary N) is 1. The number of aromatic nitrogens is 2. The van der Waals surface area contributed by atoms with Crippen molar-refractivity contribution >= 4 is 11.7 Å². The number of carbonyl (C=O) groups excluding carboxylic acids is 1. The lowest BCUT2D eigenvalue weighted by atomic mass is 10.0. The molecular weight excluding hydrogens is 304 g/mol. The molecule has 2 heterocycles. The number of aryl methyl sites for hydroxylation is 1. The van der Waals surface area contributed by atoms with Crippen LogP contribution in [0.15, 0.2) is 36.7 Å². The Labute approximate surface area is 142 Å². The Morgan fingerprint density at radius 3 is 2.79 bits per heavy atom. The molecule has 6 nitrogen and oxygen atoms in total. The Hall–Kier alpha value is -2.34. The second-order valence-corrected chi connectivity index (χ2v) is 6.37. The minimum absolute atomic E-state index is 0.0235. The summed E-state index contributed by atoms with van der Waals surface area (Å²) >= 11 is 0. The zero-order valence-electron chi connectivity index (χ0n) is 14.0. The maximum atomic E-state index is 12.4. The molecule has 6 heteroatoms. The van der Waals surface area contributed by atoms with Gasteiger partial charge < -0.3 is 15.3 Å². The van der Waals surface area contributed by atoms with Gasteiger partial charge in [-0.2, -0.15) is 5.10 Å². The van der Waals surface area contributed by atoms with Gasteiger partial charge in [0.05, 0.1) is 25.4 Å². The summed E-state index contributed by atoms with van der Waals surface area (Å²) < 4.78 is 1.89. The lowest BCUT2D eigenvalue weighted by Gasteiger charge is -2.34. The van der Waals surface area contributed by atoms with Crippen LogP contribution in [0.3, 0.4) is 0 Å². The lowest BCUT2D eigenvalue weighted by molar-refractivity contribution is 0.115. The number of aliphatic hydroxyl groups excluding tert-OH is 1. The molecule has 0 saturated carbocycles. The van der Waals surface area contributed by atoms with E-state index in [0.717, 1.165) is 36.1 Å². The van der Waals surface area contributed by atoms with Gasteiger partial charge in [0.15, 0.2) is 0 Å². The van der Waals surface area contributed by atoms with Gasteiger partial charge in [-0.15, -0.1) is 0 Å². The second-order valence-electron chi connectivity index (χ2n) is 6.37. The van der Waals surface area contributed by atoms with Crippen LogP contribution >= 0.6 is 0 Å². The zero-order valence-corrected chi connectivity index (χ0v) is 14.0. The third-order valence-corrected chi connectivity index (χ3v) is 4.41. The van der Waals surface area contributed by atoms with Gasteiger partial charge in [-0.1, -0.05) is 12.1 Å². The van der Waals surface area contributed by atoms with Gasteiger partial charge in [-0.3, -0.25) is 4.68 Å². The van der Waals surface area contributed by atoms with E-state index in [1.54, 1.807) is 4.90 Å². The summed E-state index contributed by atoms with van der Waals surface area (Å²) in [5, 5.41) is 16.6. The smallest absolute Gasteiger partial charge is 0.322 e. The van der Waals surface area contributed by atoms with E-state index >= 15 is 0 Å². The van der Waals surface area contributed by atoms with Gasteiger partial charge in [0.1, 0.15) is 0 Å². The van der Waals surface area contributed by atoms with Crippen LogP contribution in [0.2, 0.25) is 0 Å². The topological polar surface area (TPSA) is 70.4 Å². The van der Waals surface area contributed by atoms with E-state index < -0.39 is 0 Å². The van der Waals surface area contributed by atoms with Gasteiger partial charge in [0.2, 0.25) is 0 Å². The molecular formula is C18H24N4O2. The zero-order chi connectivity index (χ0) is 16.9. The standard InChI is InChI=1S/C18H24N4O2/c1-14-10-19-21(11-14)12-15-5-7-16(8-6-15)20-18(24)22-9-3-2-4-17(22)13-23/h5-8,10-11,17,23H,2-4,9,12-13H2,1H3,(H,20,24)/t17-/m1/s1. The number of amides is 2. The quantitative estimate of drug-likeness (QED) is 0.906. The normalized spacial score (nSPS) is 17.8. The molecule has 0 bridgehead atoms. The Balaban J connectivity index is 1.60. The molecule has 1 aromatic heterocycles. The molecule has 1 aromatic carbocycles. The Bertz CT molecular complexity index is 681. The number of benzene rings is 1. The minimum Gasteiger partial charge on any atom is -0.394 e. The maximum Gasteiger partial charge on any atom is 0.322 e. The molecule has 2 N–H and O–H groups in total. The first-order valence-electron chi connectivity index (χ1n) is 8.42. The highest BCUT2D eigenvalue weighted by Crippen LogP contribution is 2.18. The number of nitrogens with zero attached hydrogens (tertiary/aromatic N) is 3. The molecule has 0 radical (unpaired) electrons. The van der Waals surface area contributed by atoms with Crippen molar-refractivity contribution in [2.45, 2.75) is 38.8 Å². The molecule has 2 aromatic rings. The summed E-state index contributed by atoms with van der Waals surface area (Å²) in [4.78, 5) is 14.1. The molecule has 0 spiro atoms. The van der Waals surface area contributed by atoms with Gasteiger partial charge >= 0.3 is 6.03 Å². The number of hydrogen-bond donors (Lipinski definition) is 2. The summed E-state index contributed by atoms with van der Waals surface area (Å²) in [7, 11) is 0. The lowest BCUT2D eigenvalue weighted by Crippen LogP contribution is -2.47. The van der Waals surface area contributed by atoms with Crippen LogP contribution in [0.25, 0.3) is 0 Å². The Kier molecular flexibility index (Phi) is 5.15. The number of urea groups is 1. The largest absolute Gasteiger partial charge is 0.394 e. The van der Waals surface area contributed by atoms with Crippen LogP contribution in [-0.4, -0.2) is 45.0 Å². The molecule has 3 rings (SSSR count). The molecule has 0 unspecified atom stereocenters. The number of carbonyl (C=O) groups is 1. The van der Waals surface area contributed by atoms with Crippen LogP contribution in [0, 0.1) is 6.92 Å². The predicted molar refractivity (Wildman–Crippen MR) is 93.0 cm³/mol. The van der Waals surface area contributed by atoms with Gasteiger partial charge in [0.25, 0.3) is 0 Å². The first-order chi connectivity index (χ1) is 11.7. The van der Waals surface area contributed by atoms with Crippen molar-refractivity contribution in [1.29, 1.82) is 0 Å². The fraction of sp³-hybridized carbons (Fsp3) is 0.444. The van der Waals surface area contributed by atoms with E-state index in [1.807, 2.05) is 48.3 Å². The van der Waals surface area contributed by atoms with Crippen LogP contribution in [0.5, 0.6) is 0 Å². The SMILES string of the molecule is Cc1cnn(Cc2ccc(NC(=O)N3CCCC[C@@H]3CO)cc2)c1. The van der Waals surface area contributed by atoms with Crippen LogP contribution in [-0.2, 0) is 6.54 Å². The van der Waals surface area contributed by atoms with E-state index in [1.165, 1.54) is 0 Å². The van der Waals surface area contributed by atoms with E-state index in [4.69, 9.17) is 0 Å². The van der Waals surface area contributed by atoms with E-state index in [9.17, 15) is 9.90 Å². The van der Waals surface area contributed by atoms with Gasteiger partial charge in [-0.25, -0.2) is 4.79 Å². The van der Waals surface area contributed by atoms with Crippen molar-refractivity contribution < 1.29 is 9.90 Å². The number of likely N-dealkylation sites (tertiary alicyclic amines) is 1. The summed E-state index contributed by atoms with van der Waals surface area (Å²) in [5.74, 6) is 0. The molecule has 1 fully saturated rings. The van der Waals surface area contributed by atoms with E-state index in [-0.39, 0.29) is 18.7 Å². The van der Waals surface area contributed by atoms with Gasteiger partial charge in [0, 0.05) is 18.4 Å². The molecule has 1 aliphatic heterocycles. The first-order valence-corrected chi connectivity index (χ1v) is 8.42. The summed E-state index contributed by atoms with van der Waals surface area (Å²) in [6, 6.07) is 7.59.